The molecule has 8 heteroatoms. The van der Waals surface area contributed by atoms with E-state index in [9.17, 15) is 9.59 Å². The Morgan fingerprint density at radius 1 is 1.13 bits per heavy atom. The Morgan fingerprint density at radius 3 is 2.60 bits per heavy atom. The Labute approximate surface area is 173 Å². The summed E-state index contributed by atoms with van der Waals surface area (Å²) in [5.74, 6) is 1.09. The Balaban J connectivity index is 1.85. The number of rotatable bonds is 8. The number of ether oxygens (including phenoxy) is 3. The van der Waals surface area contributed by atoms with Gasteiger partial charge in [0, 0.05) is 12.1 Å². The molecule has 0 saturated carbocycles. The molecule has 158 valence electrons. The second kappa shape index (κ2) is 9.32. The number of hydrogen-bond acceptors (Lipinski definition) is 7. The second-order valence-corrected chi connectivity index (χ2v) is 6.65. The number of carbonyl (C=O) groups excluding carboxylic acids is 1. The quantitative estimate of drug-likeness (QED) is 0.584. The number of carbonyl (C=O) groups is 1. The Kier molecular flexibility index (Phi) is 6.58. The van der Waals surface area contributed by atoms with Gasteiger partial charge >= 0.3 is 0 Å². The van der Waals surface area contributed by atoms with E-state index in [1.807, 2.05) is 0 Å². The van der Waals surface area contributed by atoms with Crippen LogP contribution in [0.4, 0.5) is 0 Å². The first-order valence-electron chi connectivity index (χ1n) is 9.27. The number of aliphatic hydroxyl groups excluding tert-OH is 1. The van der Waals surface area contributed by atoms with Crippen LogP contribution >= 0.6 is 0 Å². The van der Waals surface area contributed by atoms with E-state index >= 15 is 0 Å². The van der Waals surface area contributed by atoms with Crippen LogP contribution in [-0.4, -0.2) is 44.5 Å². The largest absolute Gasteiger partial charge is 0.493 e. The molecule has 0 radical (unpaired) electrons. The van der Waals surface area contributed by atoms with E-state index in [1.165, 1.54) is 13.4 Å². The molecular formula is C22H23NO7. The Hall–Kier alpha value is -3.52. The number of fused-ring (bicyclic) bond motifs is 1. The molecule has 0 aliphatic heterocycles. The van der Waals surface area contributed by atoms with Gasteiger partial charge in [0.05, 0.1) is 31.8 Å². The van der Waals surface area contributed by atoms with Crippen molar-refractivity contribution in [3.63, 3.8) is 0 Å². The summed E-state index contributed by atoms with van der Waals surface area (Å²) >= 11 is 0. The second-order valence-electron chi connectivity index (χ2n) is 6.65. The lowest BCUT2D eigenvalue weighted by molar-refractivity contribution is -0.124. The third-order valence-corrected chi connectivity index (χ3v) is 4.49. The normalized spacial score (nSPS) is 11.7. The zero-order valence-electron chi connectivity index (χ0n) is 16.9. The topological polar surface area (TPSA) is 107 Å². The highest BCUT2D eigenvalue weighted by molar-refractivity contribution is 5.83. The highest BCUT2D eigenvalue weighted by atomic mass is 16.5. The monoisotopic (exact) mass is 413 g/mol. The molecular weight excluding hydrogens is 390 g/mol. The van der Waals surface area contributed by atoms with Crippen LogP contribution in [0.15, 0.2) is 51.9 Å². The molecule has 1 atom stereocenters. The van der Waals surface area contributed by atoms with E-state index in [0.29, 0.717) is 39.3 Å². The first-order valence-corrected chi connectivity index (χ1v) is 9.27. The molecule has 8 nitrogen and oxygen atoms in total. The number of nitrogens with one attached hydrogen (secondary N) is 1. The summed E-state index contributed by atoms with van der Waals surface area (Å²) in [5.41, 5.74) is 1.16. The lowest BCUT2D eigenvalue weighted by Gasteiger charge is -2.12. The third kappa shape index (κ3) is 4.55. The molecule has 0 bridgehead atoms. The standard InChI is InChI=1S/C22H23NO7/c1-13(10-24)23-21(25)12-29-15-5-6-16-19(9-15)30-11-17(22(16)26)14-4-7-18(27-2)20(8-14)28-3/h4-9,11,13,24H,10,12H2,1-3H3,(H,23,25). The van der Waals surface area contributed by atoms with Crippen LogP contribution in [-0.2, 0) is 4.79 Å². The van der Waals surface area contributed by atoms with Crippen LogP contribution in [0.5, 0.6) is 17.2 Å². The number of hydrogen-bond donors (Lipinski definition) is 2. The van der Waals surface area contributed by atoms with Crippen LogP contribution in [0.3, 0.4) is 0 Å². The molecule has 2 aromatic carbocycles. The smallest absolute Gasteiger partial charge is 0.258 e. The zero-order chi connectivity index (χ0) is 21.7. The van der Waals surface area contributed by atoms with Crippen molar-refractivity contribution in [1.82, 2.24) is 5.32 Å². The van der Waals surface area contributed by atoms with Crippen LogP contribution in [0.2, 0.25) is 0 Å². The summed E-state index contributed by atoms with van der Waals surface area (Å²) in [6.45, 7) is 1.30. The summed E-state index contributed by atoms with van der Waals surface area (Å²) in [4.78, 5) is 24.7. The minimum atomic E-state index is -0.359. The lowest BCUT2D eigenvalue weighted by atomic mass is 10.0. The van der Waals surface area contributed by atoms with Gasteiger partial charge in [-0.1, -0.05) is 6.07 Å². The highest BCUT2D eigenvalue weighted by Gasteiger charge is 2.13. The van der Waals surface area contributed by atoms with Crippen molar-refractivity contribution >= 4 is 16.9 Å². The average Bonchev–Trinajstić information content (AvgIpc) is 2.77. The molecule has 1 heterocycles. The van der Waals surface area contributed by atoms with E-state index in [1.54, 1.807) is 50.4 Å². The van der Waals surface area contributed by atoms with Crippen molar-refractivity contribution in [2.24, 2.45) is 0 Å². The molecule has 3 rings (SSSR count). The Bertz CT molecular complexity index is 1110. The van der Waals surface area contributed by atoms with Gasteiger partial charge in [0.25, 0.3) is 5.91 Å². The minimum absolute atomic E-state index is 0.157. The summed E-state index contributed by atoms with van der Waals surface area (Å²) in [7, 11) is 3.06. The van der Waals surface area contributed by atoms with E-state index in [4.69, 9.17) is 23.7 Å². The minimum Gasteiger partial charge on any atom is -0.493 e. The fourth-order valence-corrected chi connectivity index (χ4v) is 2.91. The maximum atomic E-state index is 13.0. The molecule has 0 aliphatic carbocycles. The molecule has 0 aliphatic rings. The van der Waals surface area contributed by atoms with Crippen molar-refractivity contribution in [3.05, 3.63) is 52.9 Å². The number of amides is 1. The molecule has 1 unspecified atom stereocenters. The average molecular weight is 413 g/mol. The summed E-state index contributed by atoms with van der Waals surface area (Å²) in [5, 5.41) is 11.9. The first-order chi connectivity index (χ1) is 14.5. The van der Waals surface area contributed by atoms with Gasteiger partial charge < -0.3 is 29.1 Å². The van der Waals surface area contributed by atoms with Crippen LogP contribution in [0.25, 0.3) is 22.1 Å². The zero-order valence-corrected chi connectivity index (χ0v) is 16.9. The van der Waals surface area contributed by atoms with Crippen LogP contribution in [0.1, 0.15) is 6.92 Å². The van der Waals surface area contributed by atoms with Crippen LogP contribution in [0, 0.1) is 0 Å². The SMILES string of the molecule is COc1ccc(-c2coc3cc(OCC(=O)NC(C)CO)ccc3c2=O)cc1OC. The van der Waals surface area contributed by atoms with Gasteiger partial charge in [0.15, 0.2) is 23.5 Å². The van der Waals surface area contributed by atoms with Gasteiger partial charge in [0.2, 0.25) is 0 Å². The fraction of sp³-hybridized carbons (Fsp3) is 0.273. The number of aliphatic hydroxyl groups is 1. The summed E-state index contributed by atoms with van der Waals surface area (Å²) < 4.78 is 21.6. The fourth-order valence-electron chi connectivity index (χ4n) is 2.91. The third-order valence-electron chi connectivity index (χ3n) is 4.49. The molecule has 1 aromatic heterocycles. The molecule has 0 fully saturated rings. The highest BCUT2D eigenvalue weighted by Crippen LogP contribution is 2.32. The predicted octanol–water partition coefficient (Wildman–Crippen LogP) is 2.35. The van der Waals surface area contributed by atoms with Gasteiger partial charge in [0.1, 0.15) is 17.6 Å². The molecule has 3 aromatic rings. The predicted molar refractivity (Wildman–Crippen MR) is 111 cm³/mol. The maximum absolute atomic E-state index is 13.0. The van der Waals surface area contributed by atoms with Crippen molar-refractivity contribution < 1.29 is 28.5 Å². The molecule has 0 saturated heterocycles. The number of methoxy groups -OCH3 is 2. The molecule has 0 spiro atoms. The van der Waals surface area contributed by atoms with Crippen molar-refractivity contribution in [3.8, 4) is 28.4 Å². The van der Waals surface area contributed by atoms with E-state index in [0.717, 1.165) is 0 Å². The lowest BCUT2D eigenvalue weighted by Crippen LogP contribution is -2.38. The van der Waals surface area contributed by atoms with Crippen molar-refractivity contribution in [2.75, 3.05) is 27.4 Å². The van der Waals surface area contributed by atoms with Crippen molar-refractivity contribution in [1.29, 1.82) is 0 Å². The van der Waals surface area contributed by atoms with E-state index in [-0.39, 0.29) is 30.6 Å². The summed E-state index contributed by atoms with van der Waals surface area (Å²) in [6, 6.07) is 9.57. The van der Waals surface area contributed by atoms with E-state index in [2.05, 4.69) is 5.32 Å². The maximum Gasteiger partial charge on any atom is 0.258 e. The first kappa shape index (κ1) is 21.2. The number of benzene rings is 2. The van der Waals surface area contributed by atoms with E-state index < -0.39 is 0 Å². The van der Waals surface area contributed by atoms with Gasteiger partial charge in [-0.3, -0.25) is 9.59 Å². The van der Waals surface area contributed by atoms with Crippen LogP contribution < -0.4 is 25.0 Å². The van der Waals surface area contributed by atoms with Gasteiger partial charge in [-0.2, -0.15) is 0 Å². The van der Waals surface area contributed by atoms with Gasteiger partial charge in [-0.15, -0.1) is 0 Å². The van der Waals surface area contributed by atoms with Crippen molar-refractivity contribution in [2.45, 2.75) is 13.0 Å². The molecule has 1 amide bonds. The van der Waals surface area contributed by atoms with Gasteiger partial charge in [-0.05, 0) is 36.8 Å². The molecule has 2 N–H and O–H groups in total. The Morgan fingerprint density at radius 2 is 1.90 bits per heavy atom. The summed E-state index contributed by atoms with van der Waals surface area (Å²) in [6.07, 6.45) is 1.38. The molecule has 30 heavy (non-hydrogen) atoms. The van der Waals surface area contributed by atoms with Gasteiger partial charge in [-0.25, -0.2) is 0 Å².